The number of likely N-dealkylation sites (N-methyl/N-ethyl adjacent to an activating group) is 1. The van der Waals surface area contributed by atoms with E-state index in [1.54, 1.807) is 0 Å². The van der Waals surface area contributed by atoms with Crippen molar-refractivity contribution in [3.05, 3.63) is 11.6 Å². The first-order valence-corrected chi connectivity index (χ1v) is 13.6. The molecule has 0 unspecified atom stereocenters. The van der Waals surface area contributed by atoms with Crippen molar-refractivity contribution in [2.75, 3.05) is 21.1 Å². The average Bonchev–Trinajstić information content (AvgIpc) is 3.08. The molecule has 0 spiro atoms. The summed E-state index contributed by atoms with van der Waals surface area (Å²) in [6.07, 6.45) is 14.1. The number of fused-ring (bicyclic) bond motifs is 5. The van der Waals surface area contributed by atoms with Crippen LogP contribution < -0.4 is 0 Å². The van der Waals surface area contributed by atoms with Crippen LogP contribution in [0.3, 0.4) is 0 Å². The first-order valence-electron chi connectivity index (χ1n) is 13.6. The van der Waals surface area contributed by atoms with Gasteiger partial charge in [-0.3, -0.25) is 4.79 Å². The highest BCUT2D eigenvalue weighted by molar-refractivity contribution is 5.88. The highest BCUT2D eigenvalue weighted by Crippen LogP contribution is 2.68. The fourth-order valence-electron chi connectivity index (χ4n) is 9.31. The van der Waals surface area contributed by atoms with E-state index in [0.717, 1.165) is 35.2 Å². The zero-order valence-electron chi connectivity index (χ0n) is 22.3. The lowest BCUT2D eigenvalue weighted by Gasteiger charge is -2.62. The lowest BCUT2D eigenvalue weighted by molar-refractivity contribution is -0.137. The molecule has 4 aliphatic carbocycles. The fraction of sp³-hybridized carbons (Fsp3) is 0.897. The van der Waals surface area contributed by atoms with Crippen LogP contribution in [0.5, 0.6) is 0 Å². The molecule has 0 saturated heterocycles. The zero-order chi connectivity index (χ0) is 23.4. The second kappa shape index (κ2) is 8.75. The molecule has 182 valence electrons. The second-order valence-corrected chi connectivity index (χ2v) is 13.2. The smallest absolute Gasteiger partial charge is 0.246 e. The predicted octanol–water partition coefficient (Wildman–Crippen LogP) is 6.39. The summed E-state index contributed by atoms with van der Waals surface area (Å²) in [5, 5.41) is 0. The van der Waals surface area contributed by atoms with Gasteiger partial charge >= 0.3 is 0 Å². The summed E-state index contributed by atoms with van der Waals surface area (Å²) >= 11 is 0. The van der Waals surface area contributed by atoms with Crippen molar-refractivity contribution < 1.29 is 4.79 Å². The Balaban J connectivity index is 1.48. The van der Waals surface area contributed by atoms with Gasteiger partial charge in [-0.25, -0.2) is 0 Å². The van der Waals surface area contributed by atoms with Crippen LogP contribution >= 0.6 is 0 Å². The van der Waals surface area contributed by atoms with E-state index >= 15 is 0 Å². The summed E-state index contributed by atoms with van der Waals surface area (Å²) in [6.45, 7) is 11.8. The molecular formula is C29H50N2O. The van der Waals surface area contributed by atoms with E-state index in [0.29, 0.717) is 22.9 Å². The van der Waals surface area contributed by atoms with E-state index in [4.69, 9.17) is 0 Å². The molecule has 1 amide bonds. The lowest BCUT2D eigenvalue weighted by atomic mass is 9.44. The Morgan fingerprint density at radius 2 is 1.56 bits per heavy atom. The third-order valence-corrected chi connectivity index (χ3v) is 11.4. The number of carbonyl (C=O) groups is 1. The Labute approximate surface area is 198 Å². The molecule has 9 atom stereocenters. The van der Waals surface area contributed by atoms with Gasteiger partial charge in [0.15, 0.2) is 0 Å². The second-order valence-electron chi connectivity index (χ2n) is 13.2. The molecule has 4 saturated carbocycles. The summed E-state index contributed by atoms with van der Waals surface area (Å²) < 4.78 is 0. The van der Waals surface area contributed by atoms with E-state index in [1.165, 1.54) is 57.8 Å². The van der Waals surface area contributed by atoms with Gasteiger partial charge in [-0.15, -0.1) is 0 Å². The van der Waals surface area contributed by atoms with E-state index in [2.05, 4.69) is 44.7 Å². The molecule has 0 radical (unpaired) electrons. The minimum atomic E-state index is 0.202. The van der Waals surface area contributed by atoms with Gasteiger partial charge < -0.3 is 9.80 Å². The predicted molar refractivity (Wildman–Crippen MR) is 134 cm³/mol. The average molecular weight is 443 g/mol. The summed E-state index contributed by atoms with van der Waals surface area (Å²) in [4.78, 5) is 17.2. The van der Waals surface area contributed by atoms with Crippen molar-refractivity contribution in [1.82, 2.24) is 9.80 Å². The molecule has 0 N–H and O–H groups in total. The molecule has 0 heterocycles. The Hall–Kier alpha value is -0.830. The number of allylic oxidation sites excluding steroid dienone is 1. The molecule has 3 heteroatoms. The first-order chi connectivity index (χ1) is 15.0. The van der Waals surface area contributed by atoms with E-state index in [1.807, 2.05) is 27.0 Å². The van der Waals surface area contributed by atoms with E-state index in [9.17, 15) is 4.79 Å². The third-order valence-electron chi connectivity index (χ3n) is 11.4. The van der Waals surface area contributed by atoms with Gasteiger partial charge in [0.25, 0.3) is 0 Å². The minimum Gasteiger partial charge on any atom is -0.339 e. The monoisotopic (exact) mass is 442 g/mol. The highest BCUT2D eigenvalue weighted by atomic mass is 16.2. The lowest BCUT2D eigenvalue weighted by Crippen LogP contribution is -2.56. The van der Waals surface area contributed by atoms with E-state index < -0.39 is 0 Å². The number of amides is 1. The van der Waals surface area contributed by atoms with E-state index in [-0.39, 0.29) is 5.91 Å². The van der Waals surface area contributed by atoms with Gasteiger partial charge in [-0.2, -0.15) is 0 Å². The Morgan fingerprint density at radius 3 is 2.22 bits per heavy atom. The molecule has 0 aromatic heterocycles. The molecule has 0 bridgehead atoms. The number of carbonyl (C=O) groups excluding carboxylic acids is 1. The van der Waals surface area contributed by atoms with Crippen molar-refractivity contribution in [2.24, 2.45) is 40.4 Å². The number of hydrogen-bond donors (Lipinski definition) is 0. The molecule has 0 aliphatic heterocycles. The van der Waals surface area contributed by atoms with Crippen molar-refractivity contribution in [3.8, 4) is 0 Å². The van der Waals surface area contributed by atoms with Crippen LogP contribution in [0.25, 0.3) is 0 Å². The van der Waals surface area contributed by atoms with Gasteiger partial charge in [0.05, 0.1) is 0 Å². The summed E-state index contributed by atoms with van der Waals surface area (Å²) in [5.41, 5.74) is 2.14. The quantitative estimate of drug-likeness (QED) is 0.471. The Bertz CT molecular complexity index is 739. The van der Waals surface area contributed by atoms with Crippen molar-refractivity contribution in [2.45, 2.75) is 104 Å². The van der Waals surface area contributed by atoms with Gasteiger partial charge in [0.2, 0.25) is 5.91 Å². The van der Waals surface area contributed by atoms with Crippen LogP contribution in [-0.4, -0.2) is 48.9 Å². The summed E-state index contributed by atoms with van der Waals surface area (Å²) in [7, 11) is 6.59. The summed E-state index contributed by atoms with van der Waals surface area (Å²) in [5.74, 6) is 4.65. The normalized spacial score (nSPS) is 44.3. The van der Waals surface area contributed by atoms with Gasteiger partial charge in [-0.05, 0) is 133 Å². The van der Waals surface area contributed by atoms with Crippen molar-refractivity contribution >= 4 is 5.91 Å². The standard InChI is InChI=1S/C29H50N2O/c1-19(2)17-27(32)31(8)22-13-15-28(4)21(18-22)9-10-23-25-12-11-24(20(3)30(6)7)29(25,5)16-14-26(23)28/h17,20-26H,9-16,18H2,1-8H3/t20-,21+,22-,23+,24-,25+,26+,28+,29+/m1/s1. The maximum absolute atomic E-state index is 12.7. The van der Waals surface area contributed by atoms with Crippen LogP contribution in [0.15, 0.2) is 11.6 Å². The molecule has 4 aliphatic rings. The molecule has 3 nitrogen and oxygen atoms in total. The Kier molecular flexibility index (Phi) is 6.64. The number of nitrogens with zero attached hydrogens (tertiary/aromatic N) is 2. The maximum atomic E-state index is 12.7. The van der Waals surface area contributed by atoms with Gasteiger partial charge in [0.1, 0.15) is 0 Å². The fourth-order valence-corrected chi connectivity index (χ4v) is 9.31. The maximum Gasteiger partial charge on any atom is 0.246 e. The molecular weight excluding hydrogens is 392 g/mol. The minimum absolute atomic E-state index is 0.202. The topological polar surface area (TPSA) is 23.6 Å². The zero-order valence-corrected chi connectivity index (χ0v) is 22.3. The SMILES string of the molecule is CC(C)=CC(=O)N(C)[C@@H]1CC[C@@]2(C)[C@@H](CC[C@@H]3[C@@H]2CC[C@@]2(C)[C@@H]([C@@H](C)N(C)C)CC[C@@H]32)C1. The first kappa shape index (κ1) is 24.3. The van der Waals surface area contributed by atoms with Crippen LogP contribution in [0, 0.1) is 40.4 Å². The van der Waals surface area contributed by atoms with Crippen LogP contribution in [-0.2, 0) is 4.79 Å². The Morgan fingerprint density at radius 1 is 0.906 bits per heavy atom. The molecule has 32 heavy (non-hydrogen) atoms. The third kappa shape index (κ3) is 3.89. The number of rotatable bonds is 4. The summed E-state index contributed by atoms with van der Waals surface area (Å²) in [6, 6.07) is 1.12. The van der Waals surface area contributed by atoms with Gasteiger partial charge in [-0.1, -0.05) is 19.4 Å². The van der Waals surface area contributed by atoms with Crippen LogP contribution in [0.2, 0.25) is 0 Å². The highest BCUT2D eigenvalue weighted by Gasteiger charge is 2.60. The molecule has 4 fully saturated rings. The van der Waals surface area contributed by atoms with Crippen molar-refractivity contribution in [1.29, 1.82) is 0 Å². The van der Waals surface area contributed by atoms with Crippen LogP contribution in [0.1, 0.15) is 92.4 Å². The van der Waals surface area contributed by atoms with Crippen molar-refractivity contribution in [3.63, 3.8) is 0 Å². The molecule has 4 rings (SSSR count). The van der Waals surface area contributed by atoms with Gasteiger partial charge in [0, 0.05) is 25.2 Å². The van der Waals surface area contributed by atoms with Crippen LogP contribution in [0.4, 0.5) is 0 Å². The number of hydrogen-bond acceptors (Lipinski definition) is 2. The molecule has 0 aromatic rings. The molecule has 0 aromatic carbocycles. The largest absolute Gasteiger partial charge is 0.339 e.